The lowest BCUT2D eigenvalue weighted by molar-refractivity contribution is -0.134. The van der Waals surface area contributed by atoms with Gasteiger partial charge in [-0.2, -0.15) is 0 Å². The van der Waals surface area contributed by atoms with Gasteiger partial charge in [-0.1, -0.05) is 24.3 Å². The number of carbonyl (C=O) groups is 2. The number of aliphatic carboxylic acids is 1. The molecule has 1 N–H and O–H groups in total. The van der Waals surface area contributed by atoms with Gasteiger partial charge in [-0.25, -0.2) is 9.79 Å². The molecule has 2 heterocycles. The highest BCUT2D eigenvalue weighted by Crippen LogP contribution is 2.45. The van der Waals surface area contributed by atoms with E-state index in [1.165, 1.54) is 24.9 Å². The minimum Gasteiger partial charge on any atom is -0.477 e. The summed E-state index contributed by atoms with van der Waals surface area (Å²) in [7, 11) is 0. The van der Waals surface area contributed by atoms with E-state index in [0.717, 1.165) is 35.0 Å². The first-order valence-electron chi connectivity index (χ1n) is 8.59. The summed E-state index contributed by atoms with van der Waals surface area (Å²) >= 11 is 0. The molecule has 5 nitrogen and oxygen atoms in total. The van der Waals surface area contributed by atoms with Crippen LogP contribution < -0.4 is 4.90 Å². The molecule has 1 saturated heterocycles. The molecule has 5 heteroatoms. The zero-order valence-corrected chi connectivity index (χ0v) is 13.6. The second-order valence-corrected chi connectivity index (χ2v) is 6.73. The van der Waals surface area contributed by atoms with Crippen molar-refractivity contribution in [3.05, 3.63) is 47.0 Å². The van der Waals surface area contributed by atoms with Crippen molar-refractivity contribution < 1.29 is 14.7 Å². The lowest BCUT2D eigenvalue weighted by atomic mass is 9.98. The first kappa shape index (κ1) is 14.4. The van der Waals surface area contributed by atoms with Gasteiger partial charge in [0.2, 0.25) is 0 Å². The average Bonchev–Trinajstić information content (AvgIpc) is 3.12. The van der Waals surface area contributed by atoms with E-state index >= 15 is 0 Å². The number of nitrogens with zero attached hydrogens (tertiary/aromatic N) is 2. The molecule has 2 aliphatic heterocycles. The summed E-state index contributed by atoms with van der Waals surface area (Å²) in [5, 5.41) is 11.6. The van der Waals surface area contributed by atoms with E-state index < -0.39 is 11.9 Å². The van der Waals surface area contributed by atoms with Crippen molar-refractivity contribution in [3.8, 4) is 0 Å². The molecule has 124 valence electrons. The maximum Gasteiger partial charge on any atom is 0.342 e. The SMILES string of the molecule is O=C(O)C1=C2C(=NC1=O)c1cccc3c(N4CCCCC4)ccc2c13. The Kier molecular flexibility index (Phi) is 2.89. The van der Waals surface area contributed by atoms with Crippen LogP contribution in [0, 0.1) is 0 Å². The van der Waals surface area contributed by atoms with Crippen molar-refractivity contribution in [2.75, 3.05) is 18.0 Å². The molecule has 0 unspecified atom stereocenters. The summed E-state index contributed by atoms with van der Waals surface area (Å²) in [6.45, 7) is 2.09. The second kappa shape index (κ2) is 5.02. The van der Waals surface area contributed by atoms with Gasteiger partial charge in [0.15, 0.2) is 0 Å². The molecular formula is C20H16N2O3. The van der Waals surface area contributed by atoms with Gasteiger partial charge in [0.1, 0.15) is 5.57 Å². The molecule has 0 spiro atoms. The lowest BCUT2D eigenvalue weighted by Crippen LogP contribution is -2.29. The molecule has 1 amide bonds. The summed E-state index contributed by atoms with van der Waals surface area (Å²) in [5.74, 6) is -1.86. The number of amides is 1. The Morgan fingerprint density at radius 1 is 1.04 bits per heavy atom. The normalized spacial score (nSPS) is 18.8. The molecular weight excluding hydrogens is 316 g/mol. The third kappa shape index (κ3) is 1.86. The van der Waals surface area contributed by atoms with E-state index in [4.69, 9.17) is 0 Å². The summed E-state index contributed by atoms with van der Waals surface area (Å²) < 4.78 is 0. The Morgan fingerprint density at radius 2 is 1.84 bits per heavy atom. The third-order valence-corrected chi connectivity index (χ3v) is 5.37. The van der Waals surface area contributed by atoms with E-state index in [2.05, 4.69) is 22.0 Å². The maximum absolute atomic E-state index is 12.0. The molecule has 1 aliphatic carbocycles. The predicted octanol–water partition coefficient (Wildman–Crippen LogP) is 3.01. The van der Waals surface area contributed by atoms with Crippen LogP contribution in [-0.4, -0.2) is 35.8 Å². The number of allylic oxidation sites excluding steroid dienone is 1. The number of carboxylic acid groups (broad SMARTS) is 1. The Bertz CT molecular complexity index is 1030. The zero-order valence-electron chi connectivity index (χ0n) is 13.6. The second-order valence-electron chi connectivity index (χ2n) is 6.73. The number of hydrogen-bond donors (Lipinski definition) is 1. The van der Waals surface area contributed by atoms with Gasteiger partial charge < -0.3 is 10.0 Å². The van der Waals surface area contributed by atoms with Crippen molar-refractivity contribution >= 4 is 39.6 Å². The lowest BCUT2D eigenvalue weighted by Gasteiger charge is -2.30. The van der Waals surface area contributed by atoms with Crippen LogP contribution in [0.3, 0.4) is 0 Å². The third-order valence-electron chi connectivity index (χ3n) is 5.37. The fraction of sp³-hybridized carbons (Fsp3) is 0.250. The first-order valence-corrected chi connectivity index (χ1v) is 8.59. The zero-order chi connectivity index (χ0) is 17.1. The van der Waals surface area contributed by atoms with Gasteiger partial charge in [0, 0.05) is 40.7 Å². The number of hydrogen-bond acceptors (Lipinski definition) is 3. The topological polar surface area (TPSA) is 70.0 Å². The average molecular weight is 332 g/mol. The summed E-state index contributed by atoms with van der Waals surface area (Å²) in [6, 6.07) is 9.98. The van der Waals surface area contributed by atoms with Crippen LogP contribution in [0.1, 0.15) is 30.4 Å². The fourth-order valence-corrected chi connectivity index (χ4v) is 4.30. The van der Waals surface area contributed by atoms with Gasteiger partial charge in [-0.05, 0) is 30.9 Å². The first-order chi connectivity index (χ1) is 12.2. The molecule has 2 aromatic carbocycles. The fourth-order valence-electron chi connectivity index (χ4n) is 4.30. The molecule has 0 atom stereocenters. The highest BCUT2D eigenvalue weighted by molar-refractivity contribution is 6.53. The molecule has 0 bridgehead atoms. The van der Waals surface area contributed by atoms with Gasteiger partial charge in [0.25, 0.3) is 5.91 Å². The number of anilines is 1. The highest BCUT2D eigenvalue weighted by atomic mass is 16.4. The monoisotopic (exact) mass is 332 g/mol. The van der Waals surface area contributed by atoms with Crippen molar-refractivity contribution in [3.63, 3.8) is 0 Å². The van der Waals surface area contributed by atoms with E-state index in [1.807, 2.05) is 18.2 Å². The molecule has 0 aromatic heterocycles. The van der Waals surface area contributed by atoms with Crippen molar-refractivity contribution in [1.82, 2.24) is 0 Å². The molecule has 3 aliphatic rings. The van der Waals surface area contributed by atoms with Crippen molar-refractivity contribution in [1.29, 1.82) is 0 Å². The number of benzene rings is 2. The Morgan fingerprint density at radius 3 is 2.60 bits per heavy atom. The van der Waals surface area contributed by atoms with E-state index in [1.54, 1.807) is 0 Å². The van der Waals surface area contributed by atoms with Crippen molar-refractivity contribution in [2.45, 2.75) is 19.3 Å². The van der Waals surface area contributed by atoms with Crippen LogP contribution in [0.5, 0.6) is 0 Å². The summed E-state index contributed by atoms with van der Waals surface area (Å²) in [4.78, 5) is 30.1. The quantitative estimate of drug-likeness (QED) is 0.858. The van der Waals surface area contributed by atoms with Crippen LogP contribution in [0.4, 0.5) is 5.69 Å². The summed E-state index contributed by atoms with van der Waals surface area (Å²) in [5.41, 5.74) is 3.65. The van der Waals surface area contributed by atoms with E-state index in [-0.39, 0.29) is 5.57 Å². The van der Waals surface area contributed by atoms with Gasteiger partial charge in [-0.3, -0.25) is 4.79 Å². The molecule has 2 aromatic rings. The van der Waals surface area contributed by atoms with Crippen molar-refractivity contribution in [2.24, 2.45) is 4.99 Å². The van der Waals surface area contributed by atoms with E-state index in [9.17, 15) is 14.7 Å². The summed E-state index contributed by atoms with van der Waals surface area (Å²) in [6.07, 6.45) is 3.66. The Balaban J connectivity index is 1.79. The number of rotatable bonds is 2. The van der Waals surface area contributed by atoms with Crippen LogP contribution in [0.2, 0.25) is 0 Å². The number of aliphatic imine (C=N–C) groups is 1. The highest BCUT2D eigenvalue weighted by Gasteiger charge is 2.39. The molecule has 25 heavy (non-hydrogen) atoms. The largest absolute Gasteiger partial charge is 0.477 e. The molecule has 5 rings (SSSR count). The Labute approximate surface area is 144 Å². The minimum atomic E-state index is -1.21. The number of carbonyl (C=O) groups excluding carboxylic acids is 1. The van der Waals surface area contributed by atoms with Gasteiger partial charge in [0.05, 0.1) is 5.71 Å². The number of carboxylic acids is 1. The van der Waals surface area contributed by atoms with Gasteiger partial charge >= 0.3 is 5.97 Å². The predicted molar refractivity (Wildman–Crippen MR) is 96.1 cm³/mol. The number of fused-ring (bicyclic) bond motifs is 3. The number of piperidine rings is 1. The van der Waals surface area contributed by atoms with Crippen LogP contribution in [0.25, 0.3) is 16.3 Å². The van der Waals surface area contributed by atoms with Crippen LogP contribution in [-0.2, 0) is 9.59 Å². The molecule has 0 saturated carbocycles. The van der Waals surface area contributed by atoms with Crippen LogP contribution in [0.15, 0.2) is 40.9 Å². The molecule has 0 radical (unpaired) electrons. The Hall–Kier alpha value is -2.95. The minimum absolute atomic E-state index is 0.210. The maximum atomic E-state index is 12.0. The standard InChI is InChI=1S/C20H16N2O3/c23-19-17(20(24)25)16-12-7-8-14(22-9-2-1-3-10-22)11-5-4-6-13(15(11)12)18(16)21-19/h4-8H,1-3,9-10H2,(H,24,25). The smallest absolute Gasteiger partial charge is 0.342 e. The van der Waals surface area contributed by atoms with Gasteiger partial charge in [-0.15, -0.1) is 0 Å². The van der Waals surface area contributed by atoms with Crippen LogP contribution >= 0.6 is 0 Å². The molecule has 1 fully saturated rings. The van der Waals surface area contributed by atoms with E-state index in [0.29, 0.717) is 11.3 Å².